The maximum atomic E-state index is 12.6. The van der Waals surface area contributed by atoms with Crippen molar-refractivity contribution < 1.29 is 9.53 Å². The van der Waals surface area contributed by atoms with Crippen LogP contribution in [0, 0.1) is 6.92 Å². The van der Waals surface area contributed by atoms with Crippen molar-refractivity contribution in [3.63, 3.8) is 0 Å². The molecule has 2 aromatic heterocycles. The summed E-state index contributed by atoms with van der Waals surface area (Å²) in [5.41, 5.74) is 0.714. The predicted octanol–water partition coefficient (Wildman–Crippen LogP) is 3.73. The van der Waals surface area contributed by atoms with Gasteiger partial charge < -0.3 is 15.4 Å². The van der Waals surface area contributed by atoms with E-state index in [0.717, 1.165) is 0 Å². The second-order valence-electron chi connectivity index (χ2n) is 5.90. The molecule has 0 bridgehead atoms. The van der Waals surface area contributed by atoms with Gasteiger partial charge in [0, 0.05) is 19.2 Å². The third kappa shape index (κ3) is 4.35. The smallest absolute Gasteiger partial charge is 0.266 e. The molecule has 0 aliphatic rings. The van der Waals surface area contributed by atoms with Gasteiger partial charge in [-0.1, -0.05) is 29.3 Å². The highest BCUT2D eigenvalue weighted by Crippen LogP contribution is 2.32. The van der Waals surface area contributed by atoms with E-state index in [1.807, 2.05) is 6.92 Å². The summed E-state index contributed by atoms with van der Waals surface area (Å²) in [6.45, 7) is 3.43. The first-order valence-corrected chi connectivity index (χ1v) is 9.13. The zero-order valence-corrected chi connectivity index (χ0v) is 16.9. The van der Waals surface area contributed by atoms with Crippen molar-refractivity contribution >= 4 is 40.7 Å². The summed E-state index contributed by atoms with van der Waals surface area (Å²) in [5.74, 6) is 1.55. The number of amides is 1. The van der Waals surface area contributed by atoms with Gasteiger partial charge in [-0.2, -0.15) is 9.78 Å². The van der Waals surface area contributed by atoms with Crippen LogP contribution in [0.15, 0.2) is 36.7 Å². The molecule has 3 rings (SSSR count). The van der Waals surface area contributed by atoms with Crippen molar-refractivity contribution in [3.05, 3.63) is 52.4 Å². The van der Waals surface area contributed by atoms with Crippen molar-refractivity contribution in [2.24, 2.45) is 0 Å². The largest absolute Gasteiger partial charge is 0.479 e. The highest BCUT2D eigenvalue weighted by Gasteiger charge is 2.20. The van der Waals surface area contributed by atoms with Crippen LogP contribution in [0.4, 0.5) is 11.6 Å². The lowest BCUT2D eigenvalue weighted by atomic mass is 10.3. The Hall–Kier alpha value is -2.84. The van der Waals surface area contributed by atoms with Gasteiger partial charge in [0.2, 0.25) is 0 Å². The molecular formula is C18H18Cl2N6O2. The molecule has 0 aliphatic carbocycles. The van der Waals surface area contributed by atoms with Crippen LogP contribution in [0.3, 0.4) is 0 Å². The van der Waals surface area contributed by atoms with Gasteiger partial charge in [0.25, 0.3) is 5.91 Å². The Bertz CT molecular complexity index is 1010. The van der Waals surface area contributed by atoms with E-state index in [1.165, 1.54) is 11.0 Å². The average Bonchev–Trinajstić information content (AvgIpc) is 3.05. The average molecular weight is 421 g/mol. The van der Waals surface area contributed by atoms with Gasteiger partial charge in [0.15, 0.2) is 11.9 Å². The van der Waals surface area contributed by atoms with E-state index in [9.17, 15) is 4.79 Å². The number of benzene rings is 1. The molecule has 2 heterocycles. The zero-order chi connectivity index (χ0) is 20.3. The number of halogens is 2. The van der Waals surface area contributed by atoms with Crippen LogP contribution < -0.4 is 15.4 Å². The van der Waals surface area contributed by atoms with Gasteiger partial charge in [-0.25, -0.2) is 9.97 Å². The number of nitrogens with one attached hydrogen (secondary N) is 2. The van der Waals surface area contributed by atoms with Gasteiger partial charge >= 0.3 is 0 Å². The fraction of sp³-hybridized carbons (Fsp3) is 0.222. The SMILES string of the molecule is CNc1cc(-n2nc(C)cc2NC(=O)C(C)Oc2cccc(Cl)c2Cl)ncn1. The minimum atomic E-state index is -0.821. The minimum Gasteiger partial charge on any atom is -0.479 e. The van der Waals surface area contributed by atoms with Crippen molar-refractivity contribution in [3.8, 4) is 11.6 Å². The number of anilines is 2. The van der Waals surface area contributed by atoms with Gasteiger partial charge in [-0.3, -0.25) is 4.79 Å². The van der Waals surface area contributed by atoms with Crippen LogP contribution in [-0.4, -0.2) is 38.8 Å². The number of nitrogens with zero attached hydrogens (tertiary/aromatic N) is 4. The fourth-order valence-corrected chi connectivity index (χ4v) is 2.75. The molecule has 3 aromatic rings. The van der Waals surface area contributed by atoms with Crippen LogP contribution in [0.2, 0.25) is 10.0 Å². The molecule has 0 saturated carbocycles. The lowest BCUT2D eigenvalue weighted by molar-refractivity contribution is -0.122. The second-order valence-corrected chi connectivity index (χ2v) is 6.68. The molecule has 1 unspecified atom stereocenters. The molecule has 1 amide bonds. The lowest BCUT2D eigenvalue weighted by Crippen LogP contribution is -2.31. The molecule has 0 fully saturated rings. The third-order valence-corrected chi connectivity index (χ3v) is 4.60. The Morgan fingerprint density at radius 2 is 2.04 bits per heavy atom. The van der Waals surface area contributed by atoms with E-state index in [-0.39, 0.29) is 10.9 Å². The third-order valence-electron chi connectivity index (χ3n) is 3.80. The highest BCUT2D eigenvalue weighted by molar-refractivity contribution is 6.42. The summed E-state index contributed by atoms with van der Waals surface area (Å²) in [5, 5.41) is 10.7. The number of aromatic nitrogens is 4. The number of hydrogen-bond donors (Lipinski definition) is 2. The van der Waals surface area contributed by atoms with Crippen LogP contribution in [-0.2, 0) is 4.79 Å². The Balaban J connectivity index is 1.79. The quantitative estimate of drug-likeness (QED) is 0.630. The standard InChI is InChI=1S/C18H18Cl2N6O2/c1-10-7-16(26(25-10)15-8-14(21-3)22-9-23-15)24-18(27)11(2)28-13-6-4-5-12(19)17(13)20/h4-9,11H,1-3H3,(H,24,27)(H,21,22,23). The molecule has 1 atom stereocenters. The second kappa shape index (κ2) is 8.45. The molecule has 1 aromatic carbocycles. The number of aryl methyl sites for hydroxylation is 1. The maximum Gasteiger partial charge on any atom is 0.266 e. The first-order chi connectivity index (χ1) is 13.4. The Morgan fingerprint density at radius 1 is 1.25 bits per heavy atom. The molecule has 0 aliphatic heterocycles. The lowest BCUT2D eigenvalue weighted by Gasteiger charge is -2.16. The van der Waals surface area contributed by atoms with Crippen LogP contribution in [0.25, 0.3) is 5.82 Å². The fourth-order valence-electron chi connectivity index (χ4n) is 2.41. The summed E-state index contributed by atoms with van der Waals surface area (Å²) in [6.07, 6.45) is 0.592. The molecule has 0 saturated heterocycles. The molecule has 0 spiro atoms. The molecular weight excluding hydrogens is 403 g/mol. The van der Waals surface area contributed by atoms with E-state index >= 15 is 0 Å². The zero-order valence-electron chi connectivity index (χ0n) is 15.4. The van der Waals surface area contributed by atoms with Crippen LogP contribution in [0.1, 0.15) is 12.6 Å². The summed E-state index contributed by atoms with van der Waals surface area (Å²) in [4.78, 5) is 20.9. The number of carbonyl (C=O) groups is 1. The number of carbonyl (C=O) groups excluding carboxylic acids is 1. The molecule has 2 N–H and O–H groups in total. The van der Waals surface area contributed by atoms with Crippen molar-refractivity contribution in [2.75, 3.05) is 17.7 Å². The summed E-state index contributed by atoms with van der Waals surface area (Å²) in [6, 6.07) is 8.43. The van der Waals surface area contributed by atoms with Crippen LogP contribution >= 0.6 is 23.2 Å². The monoisotopic (exact) mass is 420 g/mol. The van der Waals surface area contributed by atoms with Crippen LogP contribution in [0.5, 0.6) is 5.75 Å². The van der Waals surface area contributed by atoms with Gasteiger partial charge in [-0.15, -0.1) is 0 Å². The highest BCUT2D eigenvalue weighted by atomic mass is 35.5. The van der Waals surface area contributed by atoms with Gasteiger partial charge in [0.05, 0.1) is 10.7 Å². The van der Waals surface area contributed by atoms with E-state index < -0.39 is 6.10 Å². The molecule has 10 heteroatoms. The molecule has 146 valence electrons. The van der Waals surface area contributed by atoms with E-state index in [1.54, 1.807) is 44.3 Å². The first-order valence-electron chi connectivity index (χ1n) is 8.37. The van der Waals surface area contributed by atoms with Crippen molar-refractivity contribution in [1.82, 2.24) is 19.7 Å². The van der Waals surface area contributed by atoms with Crippen molar-refractivity contribution in [1.29, 1.82) is 0 Å². The van der Waals surface area contributed by atoms with Gasteiger partial charge in [0.1, 0.15) is 28.7 Å². The van der Waals surface area contributed by atoms with Crippen molar-refractivity contribution in [2.45, 2.75) is 20.0 Å². The Kier molecular flexibility index (Phi) is 6.01. The number of hydrogen-bond acceptors (Lipinski definition) is 6. The summed E-state index contributed by atoms with van der Waals surface area (Å²) in [7, 11) is 1.75. The minimum absolute atomic E-state index is 0.255. The normalized spacial score (nSPS) is 11.8. The summed E-state index contributed by atoms with van der Waals surface area (Å²) < 4.78 is 7.18. The van der Waals surface area contributed by atoms with E-state index in [4.69, 9.17) is 27.9 Å². The first kappa shape index (κ1) is 19.9. The summed E-state index contributed by atoms with van der Waals surface area (Å²) >= 11 is 12.1. The van der Waals surface area contributed by atoms with E-state index in [0.29, 0.717) is 33.9 Å². The maximum absolute atomic E-state index is 12.6. The Morgan fingerprint density at radius 3 is 2.79 bits per heavy atom. The Labute approximate surface area is 171 Å². The molecule has 8 nitrogen and oxygen atoms in total. The van der Waals surface area contributed by atoms with E-state index in [2.05, 4.69) is 25.7 Å². The van der Waals surface area contributed by atoms with Gasteiger partial charge in [-0.05, 0) is 26.0 Å². The molecule has 28 heavy (non-hydrogen) atoms. The topological polar surface area (TPSA) is 94.0 Å². The molecule has 0 radical (unpaired) electrons. The predicted molar refractivity (Wildman–Crippen MR) is 109 cm³/mol. The number of rotatable bonds is 6. The number of ether oxygens (including phenoxy) is 1.